The van der Waals surface area contributed by atoms with E-state index >= 15 is 0 Å². The molecule has 3 N–H and O–H groups in total. The average molecular weight is 243 g/mol. The van der Waals surface area contributed by atoms with E-state index in [1.165, 1.54) is 0 Å². The number of carboxylic acid groups (broad SMARTS) is 1. The minimum absolute atomic E-state index is 0.0597. The minimum Gasteiger partial charge on any atom is -0.480 e. The number of carbonyl (C=O) groups is 2. The molecule has 0 aromatic heterocycles. The molecule has 0 bridgehead atoms. The predicted octanol–water partition coefficient (Wildman–Crippen LogP) is 0.764. The number of nitrogens with one attached hydrogen (secondary N) is 1. The molecule has 0 saturated heterocycles. The van der Waals surface area contributed by atoms with Crippen LogP contribution in [0.2, 0.25) is 0 Å². The van der Waals surface area contributed by atoms with E-state index in [4.69, 9.17) is 10.2 Å². The molecule has 5 heteroatoms. The predicted molar refractivity (Wildman–Crippen MR) is 62.4 cm³/mol. The Balaban J connectivity index is 2.44. The number of carboxylic acids is 1. The van der Waals surface area contributed by atoms with Crippen LogP contribution in [0.3, 0.4) is 0 Å². The Hall–Kier alpha value is -1.10. The Morgan fingerprint density at radius 3 is 2.35 bits per heavy atom. The summed E-state index contributed by atoms with van der Waals surface area (Å²) in [5, 5.41) is 20.1. The Bertz CT molecular complexity index is 272. The highest BCUT2D eigenvalue weighted by molar-refractivity contribution is 5.84. The lowest BCUT2D eigenvalue weighted by atomic mass is 9.82. The van der Waals surface area contributed by atoms with Crippen molar-refractivity contribution in [1.29, 1.82) is 0 Å². The summed E-state index contributed by atoms with van der Waals surface area (Å²) in [5.74, 6) is -0.673. The Morgan fingerprint density at radius 1 is 1.29 bits per heavy atom. The first-order valence-corrected chi connectivity index (χ1v) is 6.18. The minimum atomic E-state index is -1.09. The molecule has 0 heterocycles. The van der Waals surface area contributed by atoms with Gasteiger partial charge in [-0.1, -0.05) is 6.92 Å². The normalized spacial score (nSPS) is 26.2. The fourth-order valence-electron chi connectivity index (χ4n) is 2.20. The Labute approximate surface area is 101 Å². The second-order valence-electron chi connectivity index (χ2n) is 4.87. The maximum absolute atomic E-state index is 11.8. The Kier molecular flexibility index (Phi) is 5.41. The fraction of sp³-hybridized carbons (Fsp3) is 0.833. The molecule has 1 saturated carbocycles. The van der Waals surface area contributed by atoms with Crippen LogP contribution in [0.5, 0.6) is 0 Å². The zero-order valence-corrected chi connectivity index (χ0v) is 10.2. The van der Waals surface area contributed by atoms with Crippen LogP contribution in [0.25, 0.3) is 0 Å². The molecule has 0 radical (unpaired) electrons. The molecule has 1 rings (SSSR count). The number of aliphatic hydroxyl groups is 1. The molecule has 0 spiro atoms. The molecule has 17 heavy (non-hydrogen) atoms. The molecule has 0 aromatic carbocycles. The molecule has 1 fully saturated rings. The van der Waals surface area contributed by atoms with Crippen molar-refractivity contribution in [2.75, 3.05) is 6.61 Å². The highest BCUT2D eigenvalue weighted by Crippen LogP contribution is 2.28. The summed E-state index contributed by atoms with van der Waals surface area (Å²) in [4.78, 5) is 22.7. The van der Waals surface area contributed by atoms with Gasteiger partial charge in [0.1, 0.15) is 6.04 Å². The van der Waals surface area contributed by atoms with E-state index < -0.39 is 12.0 Å². The van der Waals surface area contributed by atoms with E-state index in [0.717, 1.165) is 25.7 Å². The molecular weight excluding hydrogens is 222 g/mol. The van der Waals surface area contributed by atoms with Gasteiger partial charge in [0.2, 0.25) is 5.91 Å². The maximum Gasteiger partial charge on any atom is 0.326 e. The molecule has 1 atom stereocenters. The SMILES string of the molecule is CC1CCC(C(=O)N[C@@H](CCO)C(=O)O)CC1. The van der Waals surface area contributed by atoms with Crippen LogP contribution < -0.4 is 5.32 Å². The zero-order valence-electron chi connectivity index (χ0n) is 10.2. The van der Waals surface area contributed by atoms with Crippen molar-refractivity contribution in [3.8, 4) is 0 Å². The van der Waals surface area contributed by atoms with Crippen molar-refractivity contribution in [1.82, 2.24) is 5.32 Å². The summed E-state index contributed by atoms with van der Waals surface area (Å²) in [6.07, 6.45) is 3.77. The van der Waals surface area contributed by atoms with Gasteiger partial charge in [-0.05, 0) is 31.6 Å². The van der Waals surface area contributed by atoms with Gasteiger partial charge in [-0.2, -0.15) is 0 Å². The third-order valence-electron chi connectivity index (χ3n) is 3.42. The maximum atomic E-state index is 11.8. The zero-order chi connectivity index (χ0) is 12.8. The first-order valence-electron chi connectivity index (χ1n) is 6.18. The average Bonchev–Trinajstić information content (AvgIpc) is 2.29. The summed E-state index contributed by atoms with van der Waals surface area (Å²) in [6.45, 7) is 1.93. The van der Waals surface area contributed by atoms with E-state index in [2.05, 4.69) is 12.2 Å². The highest BCUT2D eigenvalue weighted by atomic mass is 16.4. The molecule has 98 valence electrons. The number of aliphatic carboxylic acids is 1. The molecule has 0 aliphatic heterocycles. The van der Waals surface area contributed by atoms with Crippen LogP contribution >= 0.6 is 0 Å². The van der Waals surface area contributed by atoms with Gasteiger partial charge in [0.15, 0.2) is 0 Å². The van der Waals surface area contributed by atoms with E-state index in [1.54, 1.807) is 0 Å². The Morgan fingerprint density at radius 2 is 1.88 bits per heavy atom. The summed E-state index contributed by atoms with van der Waals surface area (Å²) >= 11 is 0. The van der Waals surface area contributed by atoms with Gasteiger partial charge in [0.25, 0.3) is 0 Å². The van der Waals surface area contributed by atoms with E-state index in [-0.39, 0.29) is 24.9 Å². The lowest BCUT2D eigenvalue weighted by Crippen LogP contribution is -2.44. The lowest BCUT2D eigenvalue weighted by Gasteiger charge is -2.26. The standard InChI is InChI=1S/C12H21NO4/c1-8-2-4-9(5-3-8)11(15)13-10(6-7-14)12(16)17/h8-10,14H,2-7H2,1H3,(H,13,15)(H,16,17)/t8?,9?,10-/m0/s1. The summed E-state index contributed by atoms with van der Waals surface area (Å²) in [5.41, 5.74) is 0. The lowest BCUT2D eigenvalue weighted by molar-refractivity contribution is -0.143. The van der Waals surface area contributed by atoms with Crippen molar-refractivity contribution < 1.29 is 19.8 Å². The van der Waals surface area contributed by atoms with Crippen molar-refractivity contribution in [3.63, 3.8) is 0 Å². The number of carbonyl (C=O) groups excluding carboxylic acids is 1. The molecule has 5 nitrogen and oxygen atoms in total. The molecule has 1 aliphatic rings. The van der Waals surface area contributed by atoms with Crippen LogP contribution in [-0.4, -0.2) is 34.7 Å². The van der Waals surface area contributed by atoms with E-state index in [9.17, 15) is 9.59 Å². The molecular formula is C12H21NO4. The molecule has 1 amide bonds. The van der Waals surface area contributed by atoms with Gasteiger partial charge in [-0.3, -0.25) is 4.79 Å². The topological polar surface area (TPSA) is 86.6 Å². The molecule has 0 unspecified atom stereocenters. The second-order valence-corrected chi connectivity index (χ2v) is 4.87. The number of hydrogen-bond acceptors (Lipinski definition) is 3. The third kappa shape index (κ3) is 4.34. The van der Waals surface area contributed by atoms with Crippen LogP contribution in [0, 0.1) is 11.8 Å². The van der Waals surface area contributed by atoms with Crippen LogP contribution in [0.1, 0.15) is 39.0 Å². The summed E-state index contributed by atoms with van der Waals surface area (Å²) in [7, 11) is 0. The van der Waals surface area contributed by atoms with Crippen LogP contribution in [-0.2, 0) is 9.59 Å². The second kappa shape index (κ2) is 6.59. The van der Waals surface area contributed by atoms with E-state index in [0.29, 0.717) is 5.92 Å². The van der Waals surface area contributed by atoms with Gasteiger partial charge in [-0.15, -0.1) is 0 Å². The number of amides is 1. The van der Waals surface area contributed by atoms with Gasteiger partial charge >= 0.3 is 5.97 Å². The van der Waals surface area contributed by atoms with Crippen molar-refractivity contribution in [3.05, 3.63) is 0 Å². The van der Waals surface area contributed by atoms with Gasteiger partial charge in [-0.25, -0.2) is 4.79 Å². The first kappa shape index (κ1) is 14.0. The monoisotopic (exact) mass is 243 g/mol. The summed E-state index contributed by atoms with van der Waals surface area (Å²) < 4.78 is 0. The van der Waals surface area contributed by atoms with Crippen LogP contribution in [0.15, 0.2) is 0 Å². The first-order chi connectivity index (χ1) is 8.04. The number of rotatable bonds is 5. The van der Waals surface area contributed by atoms with Crippen LogP contribution in [0.4, 0.5) is 0 Å². The van der Waals surface area contributed by atoms with Crippen molar-refractivity contribution >= 4 is 11.9 Å². The summed E-state index contributed by atoms with van der Waals surface area (Å²) in [6, 6.07) is -0.966. The van der Waals surface area contributed by atoms with Crippen molar-refractivity contribution in [2.45, 2.75) is 45.1 Å². The number of hydrogen-bond donors (Lipinski definition) is 3. The smallest absolute Gasteiger partial charge is 0.326 e. The number of aliphatic hydroxyl groups excluding tert-OH is 1. The molecule has 1 aliphatic carbocycles. The van der Waals surface area contributed by atoms with Gasteiger partial charge < -0.3 is 15.5 Å². The highest BCUT2D eigenvalue weighted by Gasteiger charge is 2.27. The molecule has 0 aromatic rings. The van der Waals surface area contributed by atoms with Gasteiger partial charge in [0.05, 0.1) is 0 Å². The largest absolute Gasteiger partial charge is 0.480 e. The van der Waals surface area contributed by atoms with Crippen molar-refractivity contribution in [2.24, 2.45) is 11.8 Å². The van der Waals surface area contributed by atoms with E-state index in [1.807, 2.05) is 0 Å². The third-order valence-corrected chi connectivity index (χ3v) is 3.42. The quantitative estimate of drug-likeness (QED) is 0.665. The fourth-order valence-corrected chi connectivity index (χ4v) is 2.20. The van der Waals surface area contributed by atoms with Gasteiger partial charge in [0, 0.05) is 18.9 Å².